The van der Waals surface area contributed by atoms with E-state index >= 15 is 0 Å². The van der Waals surface area contributed by atoms with E-state index in [-0.39, 0.29) is 11.3 Å². The number of benzene rings is 1. The molecule has 2 aliphatic heterocycles. The van der Waals surface area contributed by atoms with Crippen LogP contribution in [0, 0.1) is 0 Å². The summed E-state index contributed by atoms with van der Waals surface area (Å²) in [5.74, 6) is -1.24. The SMILES string of the molecule is CC1(C)SC2[C@H](NC(O)Cc3ccccc3)C(=O)N2C1C(=O)O. The zero-order chi connectivity index (χ0) is 16.8. The molecule has 1 aromatic rings. The van der Waals surface area contributed by atoms with Crippen LogP contribution < -0.4 is 5.32 Å². The average Bonchev–Trinajstić information content (AvgIpc) is 2.74. The van der Waals surface area contributed by atoms with Crippen molar-refractivity contribution in [2.45, 2.75) is 48.7 Å². The van der Waals surface area contributed by atoms with Gasteiger partial charge in [0.25, 0.3) is 0 Å². The molecule has 7 heteroatoms. The van der Waals surface area contributed by atoms with E-state index in [2.05, 4.69) is 5.32 Å². The number of thioether (sulfide) groups is 1. The number of rotatable bonds is 5. The van der Waals surface area contributed by atoms with E-state index < -0.39 is 29.0 Å². The van der Waals surface area contributed by atoms with Crippen LogP contribution in [0.4, 0.5) is 0 Å². The van der Waals surface area contributed by atoms with Crippen molar-refractivity contribution in [2.75, 3.05) is 0 Å². The van der Waals surface area contributed by atoms with Crippen LogP contribution in [0.2, 0.25) is 0 Å². The van der Waals surface area contributed by atoms with Gasteiger partial charge in [-0.1, -0.05) is 30.3 Å². The maximum atomic E-state index is 12.3. The highest BCUT2D eigenvalue weighted by molar-refractivity contribution is 8.01. The smallest absolute Gasteiger partial charge is 0.327 e. The molecule has 0 spiro atoms. The summed E-state index contributed by atoms with van der Waals surface area (Å²) in [5, 5.41) is 22.2. The molecule has 2 aliphatic rings. The van der Waals surface area contributed by atoms with E-state index in [0.717, 1.165) is 5.56 Å². The number of nitrogens with zero attached hydrogens (tertiary/aromatic N) is 1. The van der Waals surface area contributed by atoms with Gasteiger partial charge in [-0.05, 0) is 19.4 Å². The van der Waals surface area contributed by atoms with Crippen molar-refractivity contribution < 1.29 is 19.8 Å². The lowest BCUT2D eigenvalue weighted by Gasteiger charge is -2.44. The third kappa shape index (κ3) is 2.84. The first-order valence-electron chi connectivity index (χ1n) is 7.52. The predicted molar refractivity (Wildman–Crippen MR) is 86.8 cm³/mol. The van der Waals surface area contributed by atoms with Gasteiger partial charge in [-0.3, -0.25) is 10.1 Å². The summed E-state index contributed by atoms with van der Waals surface area (Å²) in [5.41, 5.74) is 0.971. The van der Waals surface area contributed by atoms with E-state index in [1.54, 1.807) is 0 Å². The Morgan fingerprint density at radius 2 is 2.04 bits per heavy atom. The topological polar surface area (TPSA) is 89.9 Å². The van der Waals surface area contributed by atoms with Gasteiger partial charge in [-0.2, -0.15) is 0 Å². The number of aliphatic hydroxyl groups excluding tert-OH is 1. The Balaban J connectivity index is 1.65. The molecule has 0 saturated carbocycles. The highest BCUT2D eigenvalue weighted by Crippen LogP contribution is 2.50. The van der Waals surface area contributed by atoms with Gasteiger partial charge in [0.05, 0.1) is 0 Å². The Bertz CT molecular complexity index is 622. The zero-order valence-electron chi connectivity index (χ0n) is 13.0. The Labute approximate surface area is 138 Å². The lowest BCUT2D eigenvalue weighted by Crippen LogP contribution is -2.71. The second-order valence-corrected chi connectivity index (χ2v) is 8.22. The van der Waals surface area contributed by atoms with Gasteiger partial charge in [-0.25, -0.2) is 4.79 Å². The third-order valence-electron chi connectivity index (χ3n) is 4.32. The van der Waals surface area contributed by atoms with Crippen LogP contribution in [-0.2, 0) is 16.0 Å². The van der Waals surface area contributed by atoms with Crippen molar-refractivity contribution in [3.05, 3.63) is 35.9 Å². The maximum absolute atomic E-state index is 12.3. The Morgan fingerprint density at radius 1 is 1.39 bits per heavy atom. The molecule has 124 valence electrons. The molecule has 23 heavy (non-hydrogen) atoms. The summed E-state index contributed by atoms with van der Waals surface area (Å²) >= 11 is 1.46. The Hall–Kier alpha value is -1.57. The summed E-state index contributed by atoms with van der Waals surface area (Å²) in [6.45, 7) is 3.67. The number of carbonyl (C=O) groups excluding carboxylic acids is 1. The van der Waals surface area contributed by atoms with Gasteiger partial charge in [0.2, 0.25) is 5.91 Å². The van der Waals surface area contributed by atoms with Crippen molar-refractivity contribution >= 4 is 23.6 Å². The van der Waals surface area contributed by atoms with Crippen LogP contribution in [0.25, 0.3) is 0 Å². The molecule has 1 aromatic carbocycles. The lowest BCUT2D eigenvalue weighted by molar-refractivity contribution is -0.161. The molecule has 6 nitrogen and oxygen atoms in total. The molecular formula is C16H20N2O4S. The van der Waals surface area contributed by atoms with Gasteiger partial charge in [0, 0.05) is 11.2 Å². The Morgan fingerprint density at radius 3 is 2.65 bits per heavy atom. The first-order valence-corrected chi connectivity index (χ1v) is 8.40. The molecule has 3 N–H and O–H groups in total. The molecule has 4 atom stereocenters. The summed E-state index contributed by atoms with van der Waals surface area (Å²) < 4.78 is -0.549. The number of carboxylic acids is 1. The number of carboxylic acid groups (broad SMARTS) is 1. The van der Waals surface area contributed by atoms with Crippen LogP contribution in [0.5, 0.6) is 0 Å². The number of aliphatic carboxylic acids is 1. The summed E-state index contributed by atoms with van der Waals surface area (Å²) in [7, 11) is 0. The number of β-lactam (4-membered cyclic amide) rings is 1. The van der Waals surface area contributed by atoms with Gasteiger partial charge < -0.3 is 15.1 Å². The molecule has 0 radical (unpaired) electrons. The van der Waals surface area contributed by atoms with Gasteiger partial charge >= 0.3 is 5.97 Å². The quantitative estimate of drug-likeness (QED) is 0.540. The van der Waals surface area contributed by atoms with Crippen LogP contribution in [0.1, 0.15) is 19.4 Å². The molecule has 0 aliphatic carbocycles. The number of amides is 1. The van der Waals surface area contributed by atoms with Gasteiger partial charge in [0.15, 0.2) is 0 Å². The van der Waals surface area contributed by atoms with Crippen LogP contribution in [0.3, 0.4) is 0 Å². The second-order valence-electron chi connectivity index (χ2n) is 6.45. The van der Waals surface area contributed by atoms with Crippen molar-refractivity contribution in [3.63, 3.8) is 0 Å². The maximum Gasteiger partial charge on any atom is 0.327 e. The minimum absolute atomic E-state index is 0.246. The van der Waals surface area contributed by atoms with E-state index in [1.807, 2.05) is 44.2 Å². The van der Waals surface area contributed by atoms with Crippen molar-refractivity contribution in [2.24, 2.45) is 0 Å². The van der Waals surface area contributed by atoms with Crippen LogP contribution >= 0.6 is 11.8 Å². The highest BCUT2D eigenvalue weighted by atomic mass is 32.2. The molecule has 2 saturated heterocycles. The number of hydrogen-bond donors (Lipinski definition) is 3. The standard InChI is InChI=1S/C16H20N2O4S/c1-16(2)12(15(21)22)18-13(20)11(14(18)23-16)17-10(19)8-9-6-4-3-5-7-9/h3-7,10-12,14,17,19H,8H2,1-2H3,(H,21,22)/t10?,11-,12?,14?/m1/s1. The minimum Gasteiger partial charge on any atom is -0.480 e. The number of carbonyl (C=O) groups is 2. The molecule has 3 unspecified atom stereocenters. The number of fused-ring (bicyclic) bond motifs is 1. The third-order valence-corrected chi connectivity index (χ3v) is 5.89. The average molecular weight is 336 g/mol. The van der Waals surface area contributed by atoms with E-state index in [4.69, 9.17) is 0 Å². The first kappa shape index (κ1) is 16.3. The molecule has 0 bridgehead atoms. The fourth-order valence-corrected chi connectivity index (χ4v) is 4.91. The van der Waals surface area contributed by atoms with Gasteiger partial charge in [-0.15, -0.1) is 11.8 Å². The van der Waals surface area contributed by atoms with Crippen molar-refractivity contribution in [1.82, 2.24) is 10.2 Å². The highest BCUT2D eigenvalue weighted by Gasteiger charge is 2.63. The number of hydrogen-bond acceptors (Lipinski definition) is 5. The zero-order valence-corrected chi connectivity index (χ0v) is 13.8. The fraction of sp³-hybridized carbons (Fsp3) is 0.500. The molecule has 2 heterocycles. The normalized spacial score (nSPS) is 29.8. The summed E-state index contributed by atoms with van der Waals surface area (Å²) in [6, 6.07) is 8.15. The Kier molecular flexibility index (Phi) is 4.12. The second kappa shape index (κ2) is 5.81. The van der Waals surface area contributed by atoms with Crippen LogP contribution in [0.15, 0.2) is 30.3 Å². The molecular weight excluding hydrogens is 316 g/mol. The van der Waals surface area contributed by atoms with Crippen molar-refractivity contribution in [1.29, 1.82) is 0 Å². The lowest BCUT2D eigenvalue weighted by atomic mass is 9.96. The minimum atomic E-state index is -0.985. The molecule has 1 amide bonds. The predicted octanol–water partition coefficient (Wildman–Crippen LogP) is 0.653. The van der Waals surface area contributed by atoms with E-state index in [1.165, 1.54) is 16.7 Å². The fourth-order valence-electron chi connectivity index (χ4n) is 3.27. The summed E-state index contributed by atoms with van der Waals surface area (Å²) in [4.78, 5) is 25.2. The largest absolute Gasteiger partial charge is 0.480 e. The molecule has 3 rings (SSSR count). The summed E-state index contributed by atoms with van der Waals surface area (Å²) in [6.07, 6.45) is -0.450. The van der Waals surface area contributed by atoms with E-state index in [0.29, 0.717) is 6.42 Å². The van der Waals surface area contributed by atoms with Crippen LogP contribution in [-0.4, -0.2) is 55.4 Å². The number of nitrogens with one attached hydrogen (secondary N) is 1. The number of aliphatic hydroxyl groups is 1. The van der Waals surface area contributed by atoms with Crippen molar-refractivity contribution in [3.8, 4) is 0 Å². The van der Waals surface area contributed by atoms with E-state index in [9.17, 15) is 19.8 Å². The first-order chi connectivity index (χ1) is 10.8. The molecule has 2 fully saturated rings. The molecule has 0 aromatic heterocycles. The monoisotopic (exact) mass is 336 g/mol. The van der Waals surface area contributed by atoms with Gasteiger partial charge in [0.1, 0.15) is 23.7 Å².